The van der Waals surface area contributed by atoms with Crippen LogP contribution in [-0.2, 0) is 4.79 Å². The van der Waals surface area contributed by atoms with Crippen molar-refractivity contribution in [1.29, 1.82) is 0 Å². The minimum Gasteiger partial charge on any atom is -0.393 e. The van der Waals surface area contributed by atoms with Gasteiger partial charge in [-0.1, -0.05) is 18.6 Å². The van der Waals surface area contributed by atoms with Gasteiger partial charge < -0.3 is 10.4 Å². The normalized spacial score (nSPS) is 22.9. The summed E-state index contributed by atoms with van der Waals surface area (Å²) in [4.78, 5) is 12.0. The highest BCUT2D eigenvalue weighted by atomic mass is 19.1. The van der Waals surface area contributed by atoms with Crippen LogP contribution in [-0.4, -0.2) is 23.7 Å². The van der Waals surface area contributed by atoms with Gasteiger partial charge in [-0.25, -0.2) is 4.39 Å². The number of benzene rings is 1. The van der Waals surface area contributed by atoms with E-state index in [2.05, 4.69) is 5.32 Å². The first-order valence-electron chi connectivity index (χ1n) is 7.44. The number of halogens is 1. The van der Waals surface area contributed by atoms with Crippen LogP contribution in [0.15, 0.2) is 29.8 Å². The molecular formula is C17H22FNO2. The molecule has 1 aromatic carbocycles. The van der Waals surface area contributed by atoms with Gasteiger partial charge in [-0.2, -0.15) is 0 Å². The molecule has 1 saturated carbocycles. The molecule has 1 aliphatic rings. The summed E-state index contributed by atoms with van der Waals surface area (Å²) in [5.74, 6) is -0.0409. The lowest BCUT2D eigenvalue weighted by atomic mass is 9.87. The van der Waals surface area contributed by atoms with Crippen molar-refractivity contribution in [3.8, 4) is 0 Å². The molecule has 0 saturated heterocycles. The molecule has 1 amide bonds. The molecular weight excluding hydrogens is 269 g/mol. The smallest absolute Gasteiger partial charge is 0.246 e. The number of hydrogen-bond donors (Lipinski definition) is 2. The lowest BCUT2D eigenvalue weighted by molar-refractivity contribution is -0.117. The van der Waals surface area contributed by atoms with Gasteiger partial charge in [0.1, 0.15) is 5.82 Å². The molecule has 4 heteroatoms. The summed E-state index contributed by atoms with van der Waals surface area (Å²) >= 11 is 0. The van der Waals surface area contributed by atoms with Crippen molar-refractivity contribution in [2.45, 2.75) is 38.7 Å². The van der Waals surface area contributed by atoms with E-state index in [1.165, 1.54) is 12.1 Å². The van der Waals surface area contributed by atoms with E-state index >= 15 is 0 Å². The molecule has 3 nitrogen and oxygen atoms in total. The summed E-state index contributed by atoms with van der Waals surface area (Å²) in [6.45, 7) is 2.35. The summed E-state index contributed by atoms with van der Waals surface area (Å²) < 4.78 is 12.8. The van der Waals surface area contributed by atoms with Gasteiger partial charge in [0, 0.05) is 12.1 Å². The number of hydrogen-bond acceptors (Lipinski definition) is 2. The van der Waals surface area contributed by atoms with E-state index in [0.717, 1.165) is 31.2 Å². The van der Waals surface area contributed by atoms with Crippen LogP contribution in [0.1, 0.15) is 38.2 Å². The average Bonchev–Trinajstić information content (AvgIpc) is 2.47. The molecule has 1 fully saturated rings. The van der Waals surface area contributed by atoms with E-state index in [-0.39, 0.29) is 17.8 Å². The summed E-state index contributed by atoms with van der Waals surface area (Å²) in [6, 6.07) is 6.04. The van der Waals surface area contributed by atoms with Gasteiger partial charge in [0.25, 0.3) is 0 Å². The fraction of sp³-hybridized carbons (Fsp3) is 0.471. The SMILES string of the molecule is C/C(=C/c1ccc(F)cc1)C(=O)NCC1CCCC(O)C1. The van der Waals surface area contributed by atoms with Gasteiger partial charge in [-0.3, -0.25) is 4.79 Å². The lowest BCUT2D eigenvalue weighted by Crippen LogP contribution is -2.33. The molecule has 0 spiro atoms. The van der Waals surface area contributed by atoms with Gasteiger partial charge in [0.15, 0.2) is 0 Å². The molecule has 0 aliphatic heterocycles. The fourth-order valence-corrected chi connectivity index (χ4v) is 2.70. The Morgan fingerprint density at radius 2 is 2.10 bits per heavy atom. The van der Waals surface area contributed by atoms with Gasteiger partial charge in [0.2, 0.25) is 5.91 Å². The first kappa shape index (κ1) is 15.7. The van der Waals surface area contributed by atoms with Crippen LogP contribution in [0.25, 0.3) is 6.08 Å². The van der Waals surface area contributed by atoms with E-state index in [1.807, 2.05) is 0 Å². The Kier molecular flexibility index (Phi) is 5.51. The van der Waals surface area contributed by atoms with Crippen LogP contribution < -0.4 is 5.32 Å². The third-order valence-electron chi connectivity index (χ3n) is 3.92. The van der Waals surface area contributed by atoms with Crippen LogP contribution in [0, 0.1) is 11.7 Å². The largest absolute Gasteiger partial charge is 0.393 e. The number of rotatable bonds is 4. The Bertz CT molecular complexity index is 510. The number of aliphatic hydroxyl groups is 1. The number of aliphatic hydroxyl groups excluding tert-OH is 1. The number of nitrogens with one attached hydrogen (secondary N) is 1. The van der Waals surface area contributed by atoms with E-state index in [4.69, 9.17) is 0 Å². The van der Waals surface area contributed by atoms with E-state index in [0.29, 0.717) is 18.0 Å². The molecule has 114 valence electrons. The predicted octanol–water partition coefficient (Wildman–Crippen LogP) is 2.90. The molecule has 0 heterocycles. The lowest BCUT2D eigenvalue weighted by Gasteiger charge is -2.25. The molecule has 0 aromatic heterocycles. The second-order valence-corrected chi connectivity index (χ2v) is 5.78. The Hall–Kier alpha value is -1.68. The summed E-state index contributed by atoms with van der Waals surface area (Å²) in [5, 5.41) is 12.5. The van der Waals surface area contributed by atoms with E-state index < -0.39 is 0 Å². The molecule has 0 radical (unpaired) electrons. The molecule has 1 aromatic rings. The zero-order valence-corrected chi connectivity index (χ0v) is 12.3. The second kappa shape index (κ2) is 7.36. The molecule has 2 rings (SSSR count). The maximum Gasteiger partial charge on any atom is 0.246 e. The topological polar surface area (TPSA) is 49.3 Å². The third-order valence-corrected chi connectivity index (χ3v) is 3.92. The Labute approximate surface area is 124 Å². The molecule has 2 atom stereocenters. The molecule has 21 heavy (non-hydrogen) atoms. The van der Waals surface area contributed by atoms with Crippen molar-refractivity contribution in [2.24, 2.45) is 5.92 Å². The maximum absolute atomic E-state index is 12.8. The highest BCUT2D eigenvalue weighted by molar-refractivity contribution is 5.97. The molecule has 2 N–H and O–H groups in total. The Balaban J connectivity index is 1.86. The molecule has 0 bridgehead atoms. The third kappa shape index (κ3) is 4.97. The standard InChI is InChI=1S/C17H22FNO2/c1-12(9-13-5-7-15(18)8-6-13)17(21)19-11-14-3-2-4-16(20)10-14/h5-9,14,16,20H,2-4,10-11H2,1H3,(H,19,21)/b12-9-. The quantitative estimate of drug-likeness (QED) is 0.838. The van der Waals surface area contributed by atoms with Crippen molar-refractivity contribution >= 4 is 12.0 Å². The van der Waals surface area contributed by atoms with Gasteiger partial charge >= 0.3 is 0 Å². The van der Waals surface area contributed by atoms with Crippen molar-refractivity contribution in [2.75, 3.05) is 6.54 Å². The minimum absolute atomic E-state index is 0.112. The van der Waals surface area contributed by atoms with Gasteiger partial charge in [-0.15, -0.1) is 0 Å². The van der Waals surface area contributed by atoms with Crippen molar-refractivity contribution in [3.05, 3.63) is 41.2 Å². The van der Waals surface area contributed by atoms with Gasteiger partial charge in [-0.05, 0) is 55.9 Å². The average molecular weight is 291 g/mol. The van der Waals surface area contributed by atoms with Crippen molar-refractivity contribution < 1.29 is 14.3 Å². The summed E-state index contributed by atoms with van der Waals surface area (Å²) in [7, 11) is 0. The highest BCUT2D eigenvalue weighted by Gasteiger charge is 2.20. The van der Waals surface area contributed by atoms with E-state index in [1.54, 1.807) is 25.1 Å². The second-order valence-electron chi connectivity index (χ2n) is 5.78. The van der Waals surface area contributed by atoms with Gasteiger partial charge in [0.05, 0.1) is 6.10 Å². The van der Waals surface area contributed by atoms with Crippen LogP contribution >= 0.6 is 0 Å². The van der Waals surface area contributed by atoms with E-state index in [9.17, 15) is 14.3 Å². The first-order valence-corrected chi connectivity index (χ1v) is 7.44. The fourth-order valence-electron chi connectivity index (χ4n) is 2.70. The van der Waals surface area contributed by atoms with Crippen LogP contribution in [0.5, 0.6) is 0 Å². The van der Waals surface area contributed by atoms with Crippen molar-refractivity contribution in [3.63, 3.8) is 0 Å². The van der Waals surface area contributed by atoms with Crippen LogP contribution in [0.4, 0.5) is 4.39 Å². The predicted molar refractivity (Wildman–Crippen MR) is 81.0 cm³/mol. The van der Waals surface area contributed by atoms with Crippen LogP contribution in [0.2, 0.25) is 0 Å². The Morgan fingerprint density at radius 3 is 2.76 bits per heavy atom. The first-order chi connectivity index (χ1) is 10.0. The van der Waals surface area contributed by atoms with Crippen molar-refractivity contribution in [1.82, 2.24) is 5.32 Å². The zero-order valence-electron chi connectivity index (χ0n) is 12.3. The molecule has 2 unspecified atom stereocenters. The van der Waals surface area contributed by atoms with Crippen LogP contribution in [0.3, 0.4) is 0 Å². The highest BCUT2D eigenvalue weighted by Crippen LogP contribution is 2.23. The summed E-state index contributed by atoms with van der Waals surface area (Å²) in [5.41, 5.74) is 1.40. The number of amides is 1. The summed E-state index contributed by atoms with van der Waals surface area (Å²) in [6.07, 6.45) is 5.22. The molecule has 1 aliphatic carbocycles. The minimum atomic E-state index is -0.287. The number of carbonyl (C=O) groups is 1. The number of carbonyl (C=O) groups excluding carboxylic acids is 1. The zero-order chi connectivity index (χ0) is 15.2. The Morgan fingerprint density at radius 1 is 1.38 bits per heavy atom. The monoisotopic (exact) mass is 291 g/mol. The maximum atomic E-state index is 12.8.